The maximum Gasteiger partial charge on any atom is 0.162 e. The molecule has 0 spiro atoms. The maximum absolute atomic E-state index is 5.64. The molecule has 0 N–H and O–H groups in total. The van der Waals surface area contributed by atoms with E-state index in [1.807, 2.05) is 42.2 Å². The first kappa shape index (κ1) is 15.6. The molecule has 0 bridgehead atoms. The van der Waals surface area contributed by atoms with Gasteiger partial charge in [0.1, 0.15) is 24.9 Å². The van der Waals surface area contributed by atoms with Crippen molar-refractivity contribution < 1.29 is 14.2 Å². The minimum Gasteiger partial charge on any atom is -0.486 e. The van der Waals surface area contributed by atoms with Crippen LogP contribution in [-0.2, 0) is 11.8 Å². The summed E-state index contributed by atoms with van der Waals surface area (Å²) in [7, 11) is 3.57. The van der Waals surface area contributed by atoms with Crippen molar-refractivity contribution in [3.63, 3.8) is 0 Å². The number of nitrogens with zero attached hydrogens (tertiary/aromatic N) is 5. The Labute approximate surface area is 144 Å². The predicted molar refractivity (Wildman–Crippen MR) is 89.7 cm³/mol. The van der Waals surface area contributed by atoms with Crippen LogP contribution in [0.15, 0.2) is 36.7 Å². The molecule has 1 aromatic carbocycles. The third-order valence-corrected chi connectivity index (χ3v) is 4.19. The van der Waals surface area contributed by atoms with Crippen LogP contribution in [0.25, 0.3) is 11.3 Å². The van der Waals surface area contributed by atoms with Gasteiger partial charge in [0, 0.05) is 25.9 Å². The summed E-state index contributed by atoms with van der Waals surface area (Å²) < 4.78 is 20.2. The first-order valence-electron chi connectivity index (χ1n) is 8.05. The molecule has 1 aliphatic heterocycles. The Morgan fingerprint density at radius 1 is 1.20 bits per heavy atom. The van der Waals surface area contributed by atoms with Crippen LogP contribution in [0.2, 0.25) is 0 Å². The molecule has 1 unspecified atom stereocenters. The van der Waals surface area contributed by atoms with Crippen LogP contribution >= 0.6 is 0 Å². The number of hydrogen-bond acceptors (Lipinski definition) is 6. The summed E-state index contributed by atoms with van der Waals surface area (Å²) >= 11 is 0. The fraction of sp³-hybridized carbons (Fsp3) is 0.353. The maximum atomic E-state index is 5.64. The van der Waals surface area contributed by atoms with Crippen molar-refractivity contribution in [1.29, 1.82) is 0 Å². The molecular formula is C17H19N5O3. The molecule has 0 fully saturated rings. The first-order chi connectivity index (χ1) is 12.3. The lowest BCUT2D eigenvalue weighted by atomic mass is 10.1. The topological polar surface area (TPSA) is 76.2 Å². The Morgan fingerprint density at radius 3 is 2.80 bits per heavy atom. The Morgan fingerprint density at radius 2 is 2.04 bits per heavy atom. The smallest absolute Gasteiger partial charge is 0.162 e. The summed E-state index contributed by atoms with van der Waals surface area (Å²) in [4.78, 5) is 0. The lowest BCUT2D eigenvalue weighted by molar-refractivity contribution is 0.160. The van der Waals surface area contributed by atoms with Gasteiger partial charge in [-0.3, -0.25) is 4.68 Å². The van der Waals surface area contributed by atoms with Gasteiger partial charge in [-0.1, -0.05) is 5.21 Å². The van der Waals surface area contributed by atoms with Crippen LogP contribution in [0.4, 0.5) is 0 Å². The Bertz CT molecular complexity index is 873. The van der Waals surface area contributed by atoms with Crippen molar-refractivity contribution in [2.24, 2.45) is 7.05 Å². The van der Waals surface area contributed by atoms with Crippen molar-refractivity contribution in [2.75, 3.05) is 26.9 Å². The van der Waals surface area contributed by atoms with Crippen molar-refractivity contribution >= 4 is 0 Å². The summed E-state index contributed by atoms with van der Waals surface area (Å²) in [5, 5.41) is 12.8. The van der Waals surface area contributed by atoms with Gasteiger partial charge in [-0.2, -0.15) is 5.10 Å². The zero-order valence-corrected chi connectivity index (χ0v) is 14.1. The molecule has 0 amide bonds. The molecule has 0 aliphatic carbocycles. The summed E-state index contributed by atoms with van der Waals surface area (Å²) in [6.45, 7) is 1.61. The van der Waals surface area contributed by atoms with Gasteiger partial charge in [-0.25, -0.2) is 4.68 Å². The van der Waals surface area contributed by atoms with Crippen LogP contribution < -0.4 is 9.47 Å². The zero-order valence-electron chi connectivity index (χ0n) is 14.1. The zero-order chi connectivity index (χ0) is 17.2. The van der Waals surface area contributed by atoms with E-state index in [2.05, 4.69) is 15.4 Å². The van der Waals surface area contributed by atoms with Gasteiger partial charge >= 0.3 is 0 Å². The van der Waals surface area contributed by atoms with Gasteiger partial charge in [0.25, 0.3) is 0 Å². The summed E-state index contributed by atoms with van der Waals surface area (Å²) in [6.07, 6.45) is 3.67. The van der Waals surface area contributed by atoms with Crippen molar-refractivity contribution in [2.45, 2.75) is 6.04 Å². The second-order valence-electron chi connectivity index (χ2n) is 5.79. The molecule has 0 saturated heterocycles. The lowest BCUT2D eigenvalue weighted by Crippen LogP contribution is -2.19. The van der Waals surface area contributed by atoms with Gasteiger partial charge in [0.15, 0.2) is 11.5 Å². The summed E-state index contributed by atoms with van der Waals surface area (Å²) in [5.41, 5.74) is 2.69. The normalized spacial score (nSPS) is 14.5. The van der Waals surface area contributed by atoms with Crippen LogP contribution in [-0.4, -0.2) is 51.7 Å². The van der Waals surface area contributed by atoms with Crippen LogP contribution in [0.5, 0.6) is 11.5 Å². The third kappa shape index (κ3) is 2.96. The molecule has 130 valence electrons. The Balaban J connectivity index is 1.66. The van der Waals surface area contributed by atoms with E-state index in [1.165, 1.54) is 0 Å². The molecule has 25 heavy (non-hydrogen) atoms. The van der Waals surface area contributed by atoms with Gasteiger partial charge < -0.3 is 14.2 Å². The van der Waals surface area contributed by atoms with Gasteiger partial charge in [0.05, 0.1) is 18.5 Å². The van der Waals surface area contributed by atoms with Crippen LogP contribution in [0.1, 0.15) is 11.7 Å². The van der Waals surface area contributed by atoms with E-state index in [0.29, 0.717) is 19.8 Å². The van der Waals surface area contributed by atoms with Crippen LogP contribution in [0.3, 0.4) is 0 Å². The first-order valence-corrected chi connectivity index (χ1v) is 8.05. The molecule has 8 heteroatoms. The number of methoxy groups -OCH3 is 1. The predicted octanol–water partition coefficient (Wildman–Crippen LogP) is 1.69. The quantitative estimate of drug-likeness (QED) is 0.703. The van der Waals surface area contributed by atoms with E-state index in [0.717, 1.165) is 28.5 Å². The molecule has 0 radical (unpaired) electrons. The molecule has 1 atom stereocenters. The van der Waals surface area contributed by atoms with E-state index in [1.54, 1.807) is 18.0 Å². The largest absolute Gasteiger partial charge is 0.486 e. The van der Waals surface area contributed by atoms with Gasteiger partial charge in [-0.15, -0.1) is 5.10 Å². The average Bonchev–Trinajstić information content (AvgIpc) is 3.29. The second kappa shape index (κ2) is 6.56. The van der Waals surface area contributed by atoms with E-state index in [9.17, 15) is 0 Å². The van der Waals surface area contributed by atoms with Crippen LogP contribution in [0, 0.1) is 0 Å². The molecule has 8 nitrogen and oxygen atoms in total. The lowest BCUT2D eigenvalue weighted by Gasteiger charge is -2.18. The minimum atomic E-state index is -0.101. The van der Waals surface area contributed by atoms with E-state index in [4.69, 9.17) is 14.2 Å². The number of ether oxygens (including phenoxy) is 3. The summed E-state index contributed by atoms with van der Waals surface area (Å²) in [6, 6.07) is 7.64. The number of rotatable bonds is 5. The van der Waals surface area contributed by atoms with Crippen molar-refractivity contribution in [3.8, 4) is 22.8 Å². The standard InChI is InChI=1S/C17H19N5O3/c1-21-14(5-6-18-21)15(11-23-2)22-10-13(19-20-22)12-3-4-16-17(9-12)25-8-7-24-16/h3-6,9-10,15H,7-8,11H2,1-2H3. The van der Waals surface area contributed by atoms with E-state index >= 15 is 0 Å². The molecule has 4 rings (SSSR count). The van der Waals surface area contributed by atoms with Crippen molar-refractivity contribution in [3.05, 3.63) is 42.4 Å². The molecule has 0 saturated carbocycles. The molecule has 1 aliphatic rings. The highest BCUT2D eigenvalue weighted by Crippen LogP contribution is 2.34. The monoisotopic (exact) mass is 341 g/mol. The molecule has 3 aromatic rings. The third-order valence-electron chi connectivity index (χ3n) is 4.19. The number of fused-ring (bicyclic) bond motifs is 1. The number of aryl methyl sites for hydroxylation is 1. The van der Waals surface area contributed by atoms with Gasteiger partial charge in [0.2, 0.25) is 0 Å². The number of benzene rings is 1. The van der Waals surface area contributed by atoms with Crippen molar-refractivity contribution in [1.82, 2.24) is 24.8 Å². The second-order valence-corrected chi connectivity index (χ2v) is 5.79. The van der Waals surface area contributed by atoms with E-state index < -0.39 is 0 Å². The minimum absolute atomic E-state index is 0.101. The highest BCUT2D eigenvalue weighted by Gasteiger charge is 2.20. The Hall–Kier alpha value is -2.87. The average molecular weight is 341 g/mol. The number of aromatic nitrogens is 5. The van der Waals surface area contributed by atoms with Gasteiger partial charge in [-0.05, 0) is 24.3 Å². The fourth-order valence-corrected chi connectivity index (χ4v) is 2.93. The SMILES string of the molecule is COCC(c1ccnn1C)n1cc(-c2ccc3c(c2)OCCO3)nn1. The number of hydrogen-bond donors (Lipinski definition) is 0. The molecule has 2 aromatic heterocycles. The summed E-state index contributed by atoms with van der Waals surface area (Å²) in [5.74, 6) is 1.49. The Kier molecular flexibility index (Phi) is 4.10. The van der Waals surface area contributed by atoms with E-state index in [-0.39, 0.29) is 6.04 Å². The molecular weight excluding hydrogens is 322 g/mol. The highest BCUT2D eigenvalue weighted by molar-refractivity contribution is 5.63. The molecule has 3 heterocycles. The fourth-order valence-electron chi connectivity index (χ4n) is 2.93. The highest BCUT2D eigenvalue weighted by atomic mass is 16.6.